The van der Waals surface area contributed by atoms with Gasteiger partial charge in [0.15, 0.2) is 0 Å². The van der Waals surface area contributed by atoms with Crippen LogP contribution in [0.15, 0.2) is 15.9 Å². The van der Waals surface area contributed by atoms with E-state index in [1.165, 1.54) is 0 Å². The van der Waals surface area contributed by atoms with Crippen molar-refractivity contribution in [2.75, 3.05) is 6.54 Å². The van der Waals surface area contributed by atoms with Crippen molar-refractivity contribution in [3.63, 3.8) is 0 Å². The molecule has 11 heavy (non-hydrogen) atoms. The Hall–Kier alpha value is -0.480. The quantitative estimate of drug-likeness (QED) is 0.701. The second kappa shape index (κ2) is 3.78. The van der Waals surface area contributed by atoms with Gasteiger partial charge in [-0.1, -0.05) is 18.7 Å². The van der Waals surface area contributed by atoms with Gasteiger partial charge in [-0.3, -0.25) is 0 Å². The van der Waals surface area contributed by atoms with Gasteiger partial charge in [-0.15, -0.1) is 0 Å². The largest absolute Gasteiger partial charge is 0.440 e. The zero-order valence-corrected chi connectivity index (χ0v) is 7.52. The molecule has 0 spiro atoms. The molecule has 0 saturated heterocycles. The van der Waals surface area contributed by atoms with E-state index in [-0.39, 0.29) is 0 Å². The lowest BCUT2D eigenvalue weighted by molar-refractivity contribution is 0.453. The fourth-order valence-electron chi connectivity index (χ4n) is 0.607. The lowest BCUT2D eigenvalue weighted by atomic mass is 10.5. The molecular formula is C7H12N2OS. The molecule has 0 bridgehead atoms. The van der Waals surface area contributed by atoms with Crippen molar-refractivity contribution >= 4 is 11.8 Å². The van der Waals surface area contributed by atoms with Gasteiger partial charge in [0.25, 0.3) is 5.22 Å². The summed E-state index contributed by atoms with van der Waals surface area (Å²) >= 11 is 1.56. The number of nitrogens with zero attached hydrogens (tertiary/aromatic N) is 1. The van der Waals surface area contributed by atoms with Crippen molar-refractivity contribution < 1.29 is 4.42 Å². The molecule has 1 unspecified atom stereocenters. The number of hydrogen-bond acceptors (Lipinski definition) is 4. The molecule has 0 aliphatic heterocycles. The van der Waals surface area contributed by atoms with E-state index in [4.69, 9.17) is 10.2 Å². The van der Waals surface area contributed by atoms with Gasteiger partial charge >= 0.3 is 0 Å². The van der Waals surface area contributed by atoms with E-state index >= 15 is 0 Å². The molecule has 1 atom stereocenters. The van der Waals surface area contributed by atoms with Crippen LogP contribution in [0.5, 0.6) is 0 Å². The minimum atomic E-state index is 0.369. The Balaban J connectivity index is 2.50. The molecule has 0 amide bonds. The lowest BCUT2D eigenvalue weighted by Crippen LogP contribution is -2.12. The standard InChI is InChI=1S/C7H12N2OS/c1-5-4-10-7(9-5)11-6(2)3-8/h4,6H,3,8H2,1-2H3. The van der Waals surface area contributed by atoms with Gasteiger partial charge < -0.3 is 10.2 Å². The Morgan fingerprint density at radius 1 is 1.82 bits per heavy atom. The average molecular weight is 172 g/mol. The van der Waals surface area contributed by atoms with Gasteiger partial charge in [0, 0.05) is 11.8 Å². The average Bonchev–Trinajstić information content (AvgIpc) is 2.35. The van der Waals surface area contributed by atoms with E-state index in [0.29, 0.717) is 17.0 Å². The summed E-state index contributed by atoms with van der Waals surface area (Å²) in [5.74, 6) is 0. The number of thioether (sulfide) groups is 1. The predicted molar refractivity (Wildman–Crippen MR) is 45.6 cm³/mol. The SMILES string of the molecule is Cc1coc(SC(C)CN)n1. The highest BCUT2D eigenvalue weighted by atomic mass is 32.2. The van der Waals surface area contributed by atoms with Crippen LogP contribution >= 0.6 is 11.8 Å². The maximum absolute atomic E-state index is 5.44. The fraction of sp³-hybridized carbons (Fsp3) is 0.571. The van der Waals surface area contributed by atoms with Crippen LogP contribution in [0.3, 0.4) is 0 Å². The van der Waals surface area contributed by atoms with Crippen molar-refractivity contribution in [2.24, 2.45) is 5.73 Å². The van der Waals surface area contributed by atoms with Gasteiger partial charge in [0.1, 0.15) is 6.26 Å². The first kappa shape index (κ1) is 8.62. The Morgan fingerprint density at radius 2 is 2.55 bits per heavy atom. The zero-order chi connectivity index (χ0) is 8.27. The molecule has 1 aromatic heterocycles. The van der Waals surface area contributed by atoms with E-state index in [1.54, 1.807) is 18.0 Å². The molecule has 0 aliphatic carbocycles. The predicted octanol–water partition coefficient (Wildman–Crippen LogP) is 1.42. The number of oxazole rings is 1. The van der Waals surface area contributed by atoms with Gasteiger partial charge in [-0.2, -0.15) is 0 Å². The first-order chi connectivity index (χ1) is 5.22. The van der Waals surface area contributed by atoms with Crippen LogP contribution in [0, 0.1) is 6.92 Å². The molecule has 3 nitrogen and oxygen atoms in total. The van der Waals surface area contributed by atoms with Crippen LogP contribution in [-0.4, -0.2) is 16.8 Å². The zero-order valence-electron chi connectivity index (χ0n) is 6.70. The summed E-state index contributed by atoms with van der Waals surface area (Å²) in [6.45, 7) is 4.59. The first-order valence-corrected chi connectivity index (χ1v) is 4.39. The summed E-state index contributed by atoms with van der Waals surface area (Å²) < 4.78 is 5.13. The van der Waals surface area contributed by atoms with Crippen LogP contribution in [0.2, 0.25) is 0 Å². The molecule has 1 heterocycles. The Bertz CT molecular complexity index is 224. The molecule has 0 aliphatic rings. The minimum Gasteiger partial charge on any atom is -0.440 e. The Labute approximate surface area is 70.4 Å². The maximum Gasteiger partial charge on any atom is 0.256 e. The van der Waals surface area contributed by atoms with E-state index in [0.717, 1.165) is 5.69 Å². The molecule has 2 N–H and O–H groups in total. The molecule has 62 valence electrons. The second-order valence-corrected chi connectivity index (χ2v) is 3.81. The van der Waals surface area contributed by atoms with E-state index in [1.807, 2.05) is 13.8 Å². The monoisotopic (exact) mass is 172 g/mol. The van der Waals surface area contributed by atoms with Crippen molar-refractivity contribution in [2.45, 2.75) is 24.3 Å². The second-order valence-electron chi connectivity index (χ2n) is 2.42. The Morgan fingerprint density at radius 3 is 3.00 bits per heavy atom. The molecule has 0 fully saturated rings. The molecular weight excluding hydrogens is 160 g/mol. The van der Waals surface area contributed by atoms with Gasteiger partial charge in [-0.25, -0.2) is 4.98 Å². The summed E-state index contributed by atoms with van der Waals surface area (Å²) in [7, 11) is 0. The third-order valence-electron chi connectivity index (χ3n) is 1.23. The number of hydrogen-bond donors (Lipinski definition) is 1. The molecule has 4 heteroatoms. The third kappa shape index (κ3) is 2.55. The summed E-state index contributed by atoms with van der Waals surface area (Å²) in [6, 6.07) is 0. The smallest absolute Gasteiger partial charge is 0.256 e. The molecule has 0 aromatic carbocycles. The summed E-state index contributed by atoms with van der Waals surface area (Å²) in [5.41, 5.74) is 6.35. The first-order valence-electron chi connectivity index (χ1n) is 3.51. The molecule has 0 saturated carbocycles. The number of aromatic nitrogens is 1. The van der Waals surface area contributed by atoms with Gasteiger partial charge in [0.2, 0.25) is 0 Å². The van der Waals surface area contributed by atoms with Crippen LogP contribution in [0.1, 0.15) is 12.6 Å². The minimum absolute atomic E-state index is 0.369. The van der Waals surface area contributed by atoms with Crippen LogP contribution in [0.4, 0.5) is 0 Å². The van der Waals surface area contributed by atoms with Gasteiger partial charge in [-0.05, 0) is 6.92 Å². The van der Waals surface area contributed by atoms with Crippen LogP contribution < -0.4 is 5.73 Å². The topological polar surface area (TPSA) is 52.0 Å². The number of aryl methyl sites for hydroxylation is 1. The molecule has 1 rings (SSSR count). The summed E-state index contributed by atoms with van der Waals surface area (Å²) in [6.07, 6.45) is 1.64. The Kier molecular flexibility index (Phi) is 2.96. The van der Waals surface area contributed by atoms with E-state index in [9.17, 15) is 0 Å². The highest BCUT2D eigenvalue weighted by molar-refractivity contribution is 7.99. The normalized spacial score (nSPS) is 13.4. The third-order valence-corrected chi connectivity index (χ3v) is 2.22. The fourth-order valence-corrected chi connectivity index (χ4v) is 1.35. The maximum atomic E-state index is 5.44. The van der Waals surface area contributed by atoms with Crippen molar-refractivity contribution in [3.8, 4) is 0 Å². The molecule has 1 aromatic rings. The number of rotatable bonds is 3. The highest BCUT2D eigenvalue weighted by Crippen LogP contribution is 2.20. The summed E-state index contributed by atoms with van der Waals surface area (Å²) in [4.78, 5) is 4.14. The van der Waals surface area contributed by atoms with Crippen molar-refractivity contribution in [1.29, 1.82) is 0 Å². The lowest BCUT2D eigenvalue weighted by Gasteiger charge is -2.01. The van der Waals surface area contributed by atoms with E-state index in [2.05, 4.69) is 4.98 Å². The van der Waals surface area contributed by atoms with Crippen molar-refractivity contribution in [1.82, 2.24) is 4.98 Å². The molecule has 0 radical (unpaired) electrons. The summed E-state index contributed by atoms with van der Waals surface area (Å²) in [5, 5.41) is 1.08. The van der Waals surface area contributed by atoms with Crippen molar-refractivity contribution in [3.05, 3.63) is 12.0 Å². The highest BCUT2D eigenvalue weighted by Gasteiger charge is 2.06. The number of nitrogens with two attached hydrogens (primary N) is 1. The van der Waals surface area contributed by atoms with E-state index < -0.39 is 0 Å². The van der Waals surface area contributed by atoms with Crippen LogP contribution in [0.25, 0.3) is 0 Å². The van der Waals surface area contributed by atoms with Crippen LogP contribution in [-0.2, 0) is 0 Å². The van der Waals surface area contributed by atoms with Gasteiger partial charge in [0.05, 0.1) is 5.69 Å².